The smallest absolute Gasteiger partial charge is 0.311 e. The summed E-state index contributed by atoms with van der Waals surface area (Å²) >= 11 is 0. The summed E-state index contributed by atoms with van der Waals surface area (Å²) in [5.41, 5.74) is 0.867. The van der Waals surface area contributed by atoms with E-state index in [4.69, 9.17) is 9.47 Å². The summed E-state index contributed by atoms with van der Waals surface area (Å²) in [5.74, 6) is -1.97. The molecule has 3 aromatic rings. The van der Waals surface area contributed by atoms with E-state index in [-0.39, 0.29) is 25.2 Å². The molecule has 4 nitrogen and oxygen atoms in total. The van der Waals surface area contributed by atoms with Crippen LogP contribution in [0.15, 0.2) is 66.7 Å². The van der Waals surface area contributed by atoms with Gasteiger partial charge in [0, 0.05) is 0 Å². The van der Waals surface area contributed by atoms with Gasteiger partial charge < -0.3 is 9.47 Å². The summed E-state index contributed by atoms with van der Waals surface area (Å²) in [7, 11) is 0. The fourth-order valence-corrected chi connectivity index (χ4v) is 2.47. The van der Waals surface area contributed by atoms with Crippen LogP contribution in [-0.4, -0.2) is 11.9 Å². The minimum atomic E-state index is -0.683. The van der Waals surface area contributed by atoms with E-state index < -0.39 is 17.8 Å². The summed E-state index contributed by atoms with van der Waals surface area (Å²) in [6, 6.07) is 19.3. The average Bonchev–Trinajstić information content (AvgIpc) is 2.66. The molecule has 26 heavy (non-hydrogen) atoms. The second kappa shape index (κ2) is 8.25. The van der Waals surface area contributed by atoms with E-state index in [2.05, 4.69) is 0 Å². The Morgan fingerprint density at radius 3 is 2.31 bits per heavy atom. The second-order valence-corrected chi connectivity index (χ2v) is 5.75. The van der Waals surface area contributed by atoms with Crippen LogP contribution >= 0.6 is 0 Å². The van der Waals surface area contributed by atoms with Gasteiger partial charge in [0.15, 0.2) is 11.6 Å². The lowest BCUT2D eigenvalue weighted by atomic mass is 10.1. The molecule has 5 heteroatoms. The molecule has 0 aliphatic heterocycles. The van der Waals surface area contributed by atoms with Crippen LogP contribution in [0.1, 0.15) is 18.4 Å². The van der Waals surface area contributed by atoms with Crippen LogP contribution in [0.25, 0.3) is 10.8 Å². The molecule has 3 rings (SSSR count). The summed E-state index contributed by atoms with van der Waals surface area (Å²) in [6.45, 7) is 0.131. The third kappa shape index (κ3) is 4.66. The molecule has 0 radical (unpaired) electrons. The summed E-state index contributed by atoms with van der Waals surface area (Å²) < 4.78 is 23.5. The minimum absolute atomic E-state index is 0.124. The van der Waals surface area contributed by atoms with E-state index in [1.165, 1.54) is 18.2 Å². The number of fused-ring (bicyclic) bond motifs is 1. The normalized spacial score (nSPS) is 10.5. The van der Waals surface area contributed by atoms with Crippen molar-refractivity contribution in [1.29, 1.82) is 0 Å². The largest absolute Gasteiger partial charge is 0.461 e. The van der Waals surface area contributed by atoms with Gasteiger partial charge in [-0.1, -0.05) is 48.5 Å². The number of carbonyl (C=O) groups excluding carboxylic acids is 2. The van der Waals surface area contributed by atoms with Crippen LogP contribution in [0, 0.1) is 5.82 Å². The van der Waals surface area contributed by atoms with E-state index in [1.54, 1.807) is 6.07 Å². The molecule has 0 saturated heterocycles. The number of carbonyl (C=O) groups is 2. The van der Waals surface area contributed by atoms with Crippen molar-refractivity contribution in [2.24, 2.45) is 0 Å². The monoisotopic (exact) mass is 352 g/mol. The molecular formula is C21H17FO4. The SMILES string of the molecule is O=C(CCC(=O)Oc1ccccc1F)OCc1ccc2ccccc2c1. The Balaban J connectivity index is 1.46. The van der Waals surface area contributed by atoms with E-state index >= 15 is 0 Å². The molecule has 0 fully saturated rings. The van der Waals surface area contributed by atoms with Crippen LogP contribution in [0.3, 0.4) is 0 Å². The van der Waals surface area contributed by atoms with Gasteiger partial charge in [0.1, 0.15) is 6.61 Å². The van der Waals surface area contributed by atoms with Crippen molar-refractivity contribution >= 4 is 22.7 Å². The molecule has 0 spiro atoms. The van der Waals surface area contributed by atoms with E-state index in [1.807, 2.05) is 42.5 Å². The van der Waals surface area contributed by atoms with Gasteiger partial charge in [-0.05, 0) is 34.5 Å². The first-order valence-corrected chi connectivity index (χ1v) is 8.20. The fourth-order valence-electron chi connectivity index (χ4n) is 2.47. The number of benzene rings is 3. The molecule has 0 unspecified atom stereocenters. The quantitative estimate of drug-likeness (QED) is 0.487. The number of hydrogen-bond acceptors (Lipinski definition) is 4. The van der Waals surface area contributed by atoms with E-state index in [9.17, 15) is 14.0 Å². The van der Waals surface area contributed by atoms with E-state index in [0.29, 0.717) is 0 Å². The lowest BCUT2D eigenvalue weighted by Crippen LogP contribution is -2.13. The van der Waals surface area contributed by atoms with Gasteiger partial charge in [-0.25, -0.2) is 4.39 Å². The number of ether oxygens (including phenoxy) is 2. The molecule has 132 valence electrons. The molecule has 0 aromatic heterocycles. The fraction of sp³-hybridized carbons (Fsp3) is 0.143. The van der Waals surface area contributed by atoms with Gasteiger partial charge in [0.05, 0.1) is 12.8 Å². The van der Waals surface area contributed by atoms with Crippen molar-refractivity contribution < 1.29 is 23.5 Å². The van der Waals surface area contributed by atoms with Gasteiger partial charge in [-0.2, -0.15) is 0 Å². The zero-order valence-corrected chi connectivity index (χ0v) is 14.0. The zero-order valence-electron chi connectivity index (χ0n) is 14.0. The first-order valence-electron chi connectivity index (χ1n) is 8.20. The maximum atomic E-state index is 13.4. The van der Waals surface area contributed by atoms with Crippen molar-refractivity contribution in [2.75, 3.05) is 0 Å². The highest BCUT2D eigenvalue weighted by molar-refractivity contribution is 5.83. The first kappa shape index (κ1) is 17.6. The summed E-state index contributed by atoms with van der Waals surface area (Å²) in [6.07, 6.45) is -0.300. The van der Waals surface area contributed by atoms with E-state index in [0.717, 1.165) is 16.3 Å². The zero-order chi connectivity index (χ0) is 18.4. The Morgan fingerprint density at radius 2 is 1.50 bits per heavy atom. The Hall–Kier alpha value is -3.21. The average molecular weight is 352 g/mol. The Labute approximate surface area is 150 Å². The summed E-state index contributed by atoms with van der Waals surface area (Å²) in [4.78, 5) is 23.5. The third-order valence-electron chi connectivity index (χ3n) is 3.81. The maximum Gasteiger partial charge on any atom is 0.311 e. The Morgan fingerprint density at radius 1 is 0.808 bits per heavy atom. The van der Waals surface area contributed by atoms with Gasteiger partial charge >= 0.3 is 11.9 Å². The Kier molecular flexibility index (Phi) is 5.59. The van der Waals surface area contributed by atoms with Crippen LogP contribution < -0.4 is 4.74 Å². The molecule has 3 aromatic carbocycles. The van der Waals surface area contributed by atoms with Crippen molar-refractivity contribution in [1.82, 2.24) is 0 Å². The summed E-state index contributed by atoms with van der Waals surface area (Å²) in [5, 5.41) is 2.17. The molecule has 0 aliphatic rings. The first-order chi connectivity index (χ1) is 12.6. The van der Waals surface area contributed by atoms with Gasteiger partial charge in [0.2, 0.25) is 0 Å². The van der Waals surface area contributed by atoms with Crippen molar-refractivity contribution in [3.63, 3.8) is 0 Å². The van der Waals surface area contributed by atoms with Gasteiger partial charge in [-0.15, -0.1) is 0 Å². The lowest BCUT2D eigenvalue weighted by Gasteiger charge is -2.07. The van der Waals surface area contributed by atoms with Crippen molar-refractivity contribution in [3.05, 3.63) is 78.1 Å². The third-order valence-corrected chi connectivity index (χ3v) is 3.81. The molecule has 0 aliphatic carbocycles. The second-order valence-electron chi connectivity index (χ2n) is 5.75. The number of para-hydroxylation sites is 1. The van der Waals surface area contributed by atoms with Crippen LogP contribution in [0.2, 0.25) is 0 Å². The van der Waals surface area contributed by atoms with Crippen LogP contribution in [0.4, 0.5) is 4.39 Å². The topological polar surface area (TPSA) is 52.6 Å². The van der Waals surface area contributed by atoms with Gasteiger partial charge in [0.25, 0.3) is 0 Å². The highest BCUT2D eigenvalue weighted by atomic mass is 19.1. The number of halogens is 1. The predicted molar refractivity (Wildman–Crippen MR) is 95.0 cm³/mol. The molecular weight excluding hydrogens is 335 g/mol. The molecule has 0 heterocycles. The molecule has 0 N–H and O–H groups in total. The number of hydrogen-bond donors (Lipinski definition) is 0. The standard InChI is InChI=1S/C21H17FO4/c22-18-7-3-4-8-19(18)26-21(24)12-11-20(23)25-14-15-9-10-16-5-1-2-6-17(16)13-15/h1-10,13H,11-12,14H2. The maximum absolute atomic E-state index is 13.4. The van der Waals surface area contributed by atoms with Crippen molar-refractivity contribution in [3.8, 4) is 5.75 Å². The molecule has 0 atom stereocenters. The molecule has 0 amide bonds. The van der Waals surface area contributed by atoms with Gasteiger partial charge in [-0.3, -0.25) is 9.59 Å². The number of esters is 2. The van der Waals surface area contributed by atoms with Crippen LogP contribution in [0.5, 0.6) is 5.75 Å². The Bertz CT molecular complexity index is 936. The number of rotatable bonds is 6. The highest BCUT2D eigenvalue weighted by Crippen LogP contribution is 2.17. The lowest BCUT2D eigenvalue weighted by molar-refractivity contribution is -0.148. The minimum Gasteiger partial charge on any atom is -0.461 e. The highest BCUT2D eigenvalue weighted by Gasteiger charge is 2.12. The molecule has 0 bridgehead atoms. The molecule has 0 saturated carbocycles. The van der Waals surface area contributed by atoms with Crippen LogP contribution in [-0.2, 0) is 20.9 Å². The van der Waals surface area contributed by atoms with Crippen molar-refractivity contribution in [2.45, 2.75) is 19.4 Å². The predicted octanol–water partition coefficient (Wildman–Crippen LogP) is 4.41.